The van der Waals surface area contributed by atoms with Crippen LogP contribution in [0.5, 0.6) is 5.75 Å². The molecule has 1 amide bonds. The molecule has 0 atom stereocenters. The maximum atomic E-state index is 12.2. The van der Waals surface area contributed by atoms with Crippen LogP contribution < -0.4 is 10.1 Å². The van der Waals surface area contributed by atoms with E-state index in [1.54, 1.807) is 49.6 Å². The van der Waals surface area contributed by atoms with E-state index in [1.165, 1.54) is 0 Å². The predicted molar refractivity (Wildman–Crippen MR) is 79.8 cm³/mol. The van der Waals surface area contributed by atoms with E-state index in [9.17, 15) is 4.79 Å². The monoisotopic (exact) mass is 330 g/mol. The predicted octanol–water partition coefficient (Wildman–Crippen LogP) is 3.58. The zero-order chi connectivity index (χ0) is 14.5. The standard InChI is InChI=1S/C15H11BrN2O2/c1-20-14-7-6-10(8-12(14)16)15(19)18-13-5-3-2-4-11(13)9-17/h2-8H,1H3,(H,18,19). The van der Waals surface area contributed by atoms with Gasteiger partial charge in [-0.25, -0.2) is 0 Å². The summed E-state index contributed by atoms with van der Waals surface area (Å²) in [5, 5.41) is 11.7. The number of benzene rings is 2. The molecule has 0 spiro atoms. The second-order valence-electron chi connectivity index (χ2n) is 3.96. The second kappa shape index (κ2) is 6.22. The van der Waals surface area contributed by atoms with Gasteiger partial charge in [-0.05, 0) is 46.3 Å². The van der Waals surface area contributed by atoms with Crippen LogP contribution in [0.2, 0.25) is 0 Å². The molecule has 0 saturated heterocycles. The summed E-state index contributed by atoms with van der Waals surface area (Å²) in [6.07, 6.45) is 0. The molecule has 1 N–H and O–H groups in total. The van der Waals surface area contributed by atoms with Gasteiger partial charge in [0.15, 0.2) is 0 Å². The zero-order valence-corrected chi connectivity index (χ0v) is 12.3. The molecular formula is C15H11BrN2O2. The van der Waals surface area contributed by atoms with Crippen molar-refractivity contribution in [2.45, 2.75) is 0 Å². The minimum atomic E-state index is -0.281. The molecule has 2 aromatic rings. The largest absolute Gasteiger partial charge is 0.496 e. The van der Waals surface area contributed by atoms with Crippen LogP contribution in [0.15, 0.2) is 46.9 Å². The van der Waals surface area contributed by atoms with E-state index in [0.29, 0.717) is 27.0 Å². The Morgan fingerprint density at radius 2 is 2.05 bits per heavy atom. The summed E-state index contributed by atoms with van der Waals surface area (Å²) in [6.45, 7) is 0. The summed E-state index contributed by atoms with van der Waals surface area (Å²) in [5.74, 6) is 0.370. The molecular weight excluding hydrogens is 320 g/mol. The van der Waals surface area contributed by atoms with Crippen LogP contribution in [0.25, 0.3) is 0 Å². The maximum Gasteiger partial charge on any atom is 0.255 e. The Labute approximate surface area is 125 Å². The number of para-hydroxylation sites is 1. The minimum Gasteiger partial charge on any atom is -0.496 e. The normalized spacial score (nSPS) is 9.65. The van der Waals surface area contributed by atoms with Crippen LogP contribution >= 0.6 is 15.9 Å². The maximum absolute atomic E-state index is 12.2. The Morgan fingerprint density at radius 3 is 2.70 bits per heavy atom. The number of hydrogen-bond donors (Lipinski definition) is 1. The van der Waals surface area contributed by atoms with E-state index in [2.05, 4.69) is 21.2 Å². The SMILES string of the molecule is COc1ccc(C(=O)Nc2ccccc2C#N)cc1Br. The third-order valence-electron chi connectivity index (χ3n) is 2.71. The average Bonchev–Trinajstić information content (AvgIpc) is 2.47. The van der Waals surface area contributed by atoms with Crippen LogP contribution in [0, 0.1) is 11.3 Å². The highest BCUT2D eigenvalue weighted by atomic mass is 79.9. The third kappa shape index (κ3) is 2.98. The van der Waals surface area contributed by atoms with Gasteiger partial charge in [0.2, 0.25) is 0 Å². The highest BCUT2D eigenvalue weighted by molar-refractivity contribution is 9.10. The van der Waals surface area contributed by atoms with Gasteiger partial charge in [0, 0.05) is 5.56 Å². The third-order valence-corrected chi connectivity index (χ3v) is 3.33. The van der Waals surface area contributed by atoms with Gasteiger partial charge in [0.1, 0.15) is 11.8 Å². The van der Waals surface area contributed by atoms with Crippen LogP contribution in [0.1, 0.15) is 15.9 Å². The van der Waals surface area contributed by atoms with Crippen LogP contribution in [-0.2, 0) is 0 Å². The molecule has 2 rings (SSSR count). The fourth-order valence-electron chi connectivity index (χ4n) is 1.69. The zero-order valence-electron chi connectivity index (χ0n) is 10.7. The first kappa shape index (κ1) is 14.1. The van der Waals surface area contributed by atoms with E-state index < -0.39 is 0 Å². The Kier molecular flexibility index (Phi) is 4.38. The van der Waals surface area contributed by atoms with Gasteiger partial charge in [0.25, 0.3) is 5.91 Å². The number of ether oxygens (including phenoxy) is 1. The minimum absolute atomic E-state index is 0.281. The molecule has 0 fully saturated rings. The number of nitriles is 1. The number of anilines is 1. The number of amides is 1. The van der Waals surface area contributed by atoms with Crippen molar-refractivity contribution in [2.75, 3.05) is 12.4 Å². The summed E-state index contributed by atoms with van der Waals surface area (Å²) in [4.78, 5) is 12.2. The number of halogens is 1. The van der Waals surface area contributed by atoms with Crippen molar-refractivity contribution in [2.24, 2.45) is 0 Å². The van der Waals surface area contributed by atoms with Gasteiger partial charge in [-0.2, -0.15) is 5.26 Å². The van der Waals surface area contributed by atoms with Crippen molar-refractivity contribution in [1.29, 1.82) is 5.26 Å². The molecule has 0 aromatic heterocycles. The van der Waals surface area contributed by atoms with E-state index in [1.807, 2.05) is 6.07 Å². The van der Waals surface area contributed by atoms with Crippen molar-refractivity contribution in [3.63, 3.8) is 0 Å². The summed E-state index contributed by atoms with van der Waals surface area (Å²) in [6, 6.07) is 13.9. The van der Waals surface area contributed by atoms with Gasteiger partial charge < -0.3 is 10.1 Å². The van der Waals surface area contributed by atoms with Crippen molar-refractivity contribution in [3.05, 3.63) is 58.1 Å². The lowest BCUT2D eigenvalue weighted by Gasteiger charge is -2.08. The summed E-state index contributed by atoms with van der Waals surface area (Å²) < 4.78 is 5.81. The molecule has 5 heteroatoms. The van der Waals surface area contributed by atoms with Crippen LogP contribution in [-0.4, -0.2) is 13.0 Å². The Hall–Kier alpha value is -2.32. The molecule has 4 nitrogen and oxygen atoms in total. The second-order valence-corrected chi connectivity index (χ2v) is 4.82. The van der Waals surface area contributed by atoms with E-state index in [0.717, 1.165) is 0 Å². The molecule has 0 heterocycles. The van der Waals surface area contributed by atoms with Crippen LogP contribution in [0.4, 0.5) is 5.69 Å². The quantitative estimate of drug-likeness (QED) is 0.935. The molecule has 0 saturated carbocycles. The van der Waals surface area contributed by atoms with Crippen molar-refractivity contribution < 1.29 is 9.53 Å². The molecule has 0 radical (unpaired) electrons. The number of rotatable bonds is 3. The lowest BCUT2D eigenvalue weighted by atomic mass is 10.1. The molecule has 0 unspecified atom stereocenters. The summed E-state index contributed by atoms with van der Waals surface area (Å²) in [5.41, 5.74) is 1.39. The van der Waals surface area contributed by atoms with Gasteiger partial charge in [-0.1, -0.05) is 12.1 Å². The first-order chi connectivity index (χ1) is 9.65. The number of carbonyl (C=O) groups is 1. The smallest absolute Gasteiger partial charge is 0.255 e. The highest BCUT2D eigenvalue weighted by Crippen LogP contribution is 2.26. The molecule has 0 bridgehead atoms. The number of methoxy groups -OCH3 is 1. The average molecular weight is 331 g/mol. The topological polar surface area (TPSA) is 62.1 Å². The van der Waals surface area contributed by atoms with E-state index in [-0.39, 0.29) is 5.91 Å². The van der Waals surface area contributed by atoms with Gasteiger partial charge in [-0.3, -0.25) is 4.79 Å². The lowest BCUT2D eigenvalue weighted by Crippen LogP contribution is -2.12. The number of nitrogens with one attached hydrogen (secondary N) is 1. The molecule has 2 aromatic carbocycles. The molecule has 100 valence electrons. The Balaban J connectivity index is 2.25. The van der Waals surface area contributed by atoms with Gasteiger partial charge in [-0.15, -0.1) is 0 Å². The fraction of sp³-hybridized carbons (Fsp3) is 0.0667. The Bertz CT molecular complexity index is 693. The first-order valence-corrected chi connectivity index (χ1v) is 6.59. The van der Waals surface area contributed by atoms with Crippen LogP contribution in [0.3, 0.4) is 0 Å². The van der Waals surface area contributed by atoms with Gasteiger partial charge in [0.05, 0.1) is 22.8 Å². The van der Waals surface area contributed by atoms with Crippen molar-refractivity contribution in [3.8, 4) is 11.8 Å². The number of carbonyl (C=O) groups excluding carboxylic acids is 1. The summed E-state index contributed by atoms with van der Waals surface area (Å²) >= 11 is 3.33. The van der Waals surface area contributed by atoms with Gasteiger partial charge >= 0.3 is 0 Å². The molecule has 0 aliphatic carbocycles. The summed E-state index contributed by atoms with van der Waals surface area (Å²) in [7, 11) is 1.56. The molecule has 0 aliphatic rings. The Morgan fingerprint density at radius 1 is 1.30 bits per heavy atom. The molecule has 0 aliphatic heterocycles. The lowest BCUT2D eigenvalue weighted by molar-refractivity contribution is 0.102. The fourth-order valence-corrected chi connectivity index (χ4v) is 2.23. The first-order valence-electron chi connectivity index (χ1n) is 5.79. The number of nitrogens with zero attached hydrogens (tertiary/aromatic N) is 1. The highest BCUT2D eigenvalue weighted by Gasteiger charge is 2.10. The number of hydrogen-bond acceptors (Lipinski definition) is 3. The van der Waals surface area contributed by atoms with Crippen molar-refractivity contribution in [1.82, 2.24) is 0 Å². The molecule has 20 heavy (non-hydrogen) atoms. The van der Waals surface area contributed by atoms with E-state index >= 15 is 0 Å². The van der Waals surface area contributed by atoms with E-state index in [4.69, 9.17) is 10.00 Å². The van der Waals surface area contributed by atoms with Crippen molar-refractivity contribution >= 4 is 27.5 Å².